The molecule has 1 saturated heterocycles. The summed E-state index contributed by atoms with van der Waals surface area (Å²) in [5, 5.41) is 15.7. The van der Waals surface area contributed by atoms with Gasteiger partial charge in [0.15, 0.2) is 0 Å². The summed E-state index contributed by atoms with van der Waals surface area (Å²) >= 11 is 1.52. The van der Waals surface area contributed by atoms with Crippen LogP contribution in [-0.2, 0) is 4.79 Å². The molecule has 2 rings (SSSR count). The van der Waals surface area contributed by atoms with E-state index in [2.05, 4.69) is 20.8 Å². The van der Waals surface area contributed by atoms with Gasteiger partial charge < -0.3 is 15.5 Å². The number of piperazine rings is 1. The van der Waals surface area contributed by atoms with Crippen LogP contribution in [0.4, 0.5) is 5.13 Å². The molecule has 1 aliphatic rings. The highest BCUT2D eigenvalue weighted by Gasteiger charge is 2.29. The molecule has 88 valence electrons. The second kappa shape index (κ2) is 4.75. The Morgan fingerprint density at radius 3 is 3.06 bits per heavy atom. The zero-order valence-electron chi connectivity index (χ0n) is 9.36. The van der Waals surface area contributed by atoms with Gasteiger partial charge in [0.25, 0.3) is 0 Å². The summed E-state index contributed by atoms with van der Waals surface area (Å²) < 4.78 is 0. The van der Waals surface area contributed by atoms with Gasteiger partial charge in [0.1, 0.15) is 11.0 Å². The highest BCUT2D eigenvalue weighted by molar-refractivity contribution is 7.15. The molecular formula is C9H15N5OS. The third-order valence-electron chi connectivity index (χ3n) is 2.55. The molecule has 2 heterocycles. The van der Waals surface area contributed by atoms with Crippen LogP contribution in [-0.4, -0.2) is 48.8 Å². The Kier molecular flexibility index (Phi) is 3.35. The second-order valence-electron chi connectivity index (χ2n) is 3.63. The van der Waals surface area contributed by atoms with Crippen LogP contribution in [0.5, 0.6) is 0 Å². The molecule has 0 aromatic carbocycles. The van der Waals surface area contributed by atoms with Crippen molar-refractivity contribution in [3.05, 3.63) is 5.01 Å². The van der Waals surface area contributed by atoms with Crippen LogP contribution in [0.1, 0.15) is 5.01 Å². The van der Waals surface area contributed by atoms with Gasteiger partial charge in [-0.15, -0.1) is 10.2 Å². The molecule has 1 aromatic heterocycles. The molecule has 1 unspecified atom stereocenters. The third kappa shape index (κ3) is 2.14. The highest BCUT2D eigenvalue weighted by atomic mass is 32.1. The molecule has 1 aromatic rings. The maximum Gasteiger partial charge on any atom is 0.243 e. The van der Waals surface area contributed by atoms with E-state index < -0.39 is 0 Å². The maximum atomic E-state index is 11.7. The predicted octanol–water partition coefficient (Wildman–Crippen LogP) is -0.629. The van der Waals surface area contributed by atoms with Crippen molar-refractivity contribution in [2.75, 3.05) is 31.6 Å². The summed E-state index contributed by atoms with van der Waals surface area (Å²) in [5.74, 6) is 0.0139. The van der Waals surface area contributed by atoms with E-state index in [1.54, 1.807) is 7.05 Å². The van der Waals surface area contributed by atoms with Crippen LogP contribution in [0.2, 0.25) is 0 Å². The van der Waals surface area contributed by atoms with Crippen LogP contribution >= 0.6 is 11.3 Å². The summed E-state index contributed by atoms with van der Waals surface area (Å²) in [4.78, 5) is 13.7. The number of carbonyl (C=O) groups is 1. The minimum Gasteiger partial charge on any atom is -0.357 e. The Morgan fingerprint density at radius 1 is 1.62 bits per heavy atom. The number of hydrogen-bond acceptors (Lipinski definition) is 6. The van der Waals surface area contributed by atoms with E-state index in [1.807, 2.05) is 11.8 Å². The Balaban J connectivity index is 2.19. The normalized spacial score (nSPS) is 20.9. The topological polar surface area (TPSA) is 70.2 Å². The fourth-order valence-corrected chi connectivity index (χ4v) is 2.50. The van der Waals surface area contributed by atoms with Crippen LogP contribution in [0.3, 0.4) is 0 Å². The lowest BCUT2D eigenvalue weighted by molar-refractivity contribution is -0.122. The molecule has 0 saturated carbocycles. The fraction of sp³-hybridized carbons (Fsp3) is 0.667. The summed E-state index contributed by atoms with van der Waals surface area (Å²) in [6, 6.07) is -0.189. The van der Waals surface area contributed by atoms with Gasteiger partial charge in [-0.3, -0.25) is 4.79 Å². The quantitative estimate of drug-likeness (QED) is 0.721. The van der Waals surface area contributed by atoms with Crippen molar-refractivity contribution < 1.29 is 4.79 Å². The Bertz CT molecular complexity index is 380. The lowest BCUT2D eigenvalue weighted by Crippen LogP contribution is -2.57. The first-order valence-corrected chi connectivity index (χ1v) is 6.03. The number of hydrogen-bond donors (Lipinski definition) is 2. The number of aryl methyl sites for hydroxylation is 1. The number of rotatable bonds is 2. The van der Waals surface area contributed by atoms with Crippen molar-refractivity contribution in [2.24, 2.45) is 0 Å². The minimum absolute atomic E-state index is 0.0139. The van der Waals surface area contributed by atoms with Crippen molar-refractivity contribution in [1.82, 2.24) is 20.8 Å². The predicted molar refractivity (Wildman–Crippen MR) is 62.7 cm³/mol. The molecule has 16 heavy (non-hydrogen) atoms. The number of carbonyl (C=O) groups excluding carboxylic acids is 1. The lowest BCUT2D eigenvalue weighted by Gasteiger charge is -2.34. The van der Waals surface area contributed by atoms with Crippen LogP contribution in [0, 0.1) is 6.92 Å². The van der Waals surface area contributed by atoms with Crippen LogP contribution in [0.25, 0.3) is 0 Å². The summed E-state index contributed by atoms with van der Waals surface area (Å²) in [6.07, 6.45) is 0. The van der Waals surface area contributed by atoms with Gasteiger partial charge in [0.05, 0.1) is 0 Å². The van der Waals surface area contributed by atoms with E-state index in [1.165, 1.54) is 11.3 Å². The van der Waals surface area contributed by atoms with E-state index in [0.717, 1.165) is 23.2 Å². The van der Waals surface area contributed by atoms with Crippen molar-refractivity contribution in [3.8, 4) is 0 Å². The standard InChI is InChI=1S/C9H15N5OS/c1-6-12-13-9(16-6)14-4-3-11-5-7(14)8(15)10-2/h7,11H,3-5H2,1-2H3,(H,10,15). The number of anilines is 1. The average Bonchev–Trinajstić information content (AvgIpc) is 2.75. The number of nitrogens with zero attached hydrogens (tertiary/aromatic N) is 3. The number of aromatic nitrogens is 2. The van der Waals surface area contributed by atoms with Gasteiger partial charge in [0.2, 0.25) is 11.0 Å². The average molecular weight is 241 g/mol. The minimum atomic E-state index is -0.189. The highest BCUT2D eigenvalue weighted by Crippen LogP contribution is 2.22. The van der Waals surface area contributed by atoms with Gasteiger partial charge in [0, 0.05) is 26.7 Å². The van der Waals surface area contributed by atoms with Crippen molar-refractivity contribution >= 4 is 22.4 Å². The molecule has 0 radical (unpaired) electrons. The Hall–Kier alpha value is -1.21. The first kappa shape index (κ1) is 11.3. The van der Waals surface area contributed by atoms with Crippen molar-refractivity contribution in [1.29, 1.82) is 0 Å². The van der Waals surface area contributed by atoms with Crippen LogP contribution in [0.15, 0.2) is 0 Å². The molecule has 7 heteroatoms. The van der Waals surface area contributed by atoms with E-state index in [9.17, 15) is 4.79 Å². The van der Waals surface area contributed by atoms with E-state index >= 15 is 0 Å². The molecule has 0 aliphatic carbocycles. The smallest absolute Gasteiger partial charge is 0.243 e. The zero-order valence-corrected chi connectivity index (χ0v) is 10.2. The monoisotopic (exact) mass is 241 g/mol. The van der Waals surface area contributed by atoms with Crippen LogP contribution < -0.4 is 15.5 Å². The summed E-state index contributed by atoms with van der Waals surface area (Å²) in [7, 11) is 1.65. The molecule has 1 fully saturated rings. The zero-order chi connectivity index (χ0) is 11.5. The van der Waals surface area contributed by atoms with Gasteiger partial charge in [-0.05, 0) is 6.92 Å². The first-order chi connectivity index (χ1) is 7.72. The summed E-state index contributed by atoms with van der Waals surface area (Å²) in [6.45, 7) is 4.22. The van der Waals surface area contributed by atoms with E-state index in [-0.39, 0.29) is 11.9 Å². The molecule has 0 bridgehead atoms. The fourth-order valence-electron chi connectivity index (χ4n) is 1.74. The van der Waals surface area contributed by atoms with Gasteiger partial charge in [-0.1, -0.05) is 11.3 Å². The number of nitrogens with one attached hydrogen (secondary N) is 2. The van der Waals surface area contributed by atoms with Crippen molar-refractivity contribution in [3.63, 3.8) is 0 Å². The maximum absolute atomic E-state index is 11.7. The van der Waals surface area contributed by atoms with Gasteiger partial charge in [-0.25, -0.2) is 0 Å². The number of amides is 1. The van der Waals surface area contributed by atoms with Gasteiger partial charge >= 0.3 is 0 Å². The molecule has 1 amide bonds. The van der Waals surface area contributed by atoms with E-state index in [0.29, 0.717) is 6.54 Å². The summed E-state index contributed by atoms with van der Waals surface area (Å²) in [5.41, 5.74) is 0. The molecule has 0 spiro atoms. The van der Waals surface area contributed by atoms with Crippen molar-refractivity contribution in [2.45, 2.75) is 13.0 Å². The van der Waals surface area contributed by atoms with Gasteiger partial charge in [-0.2, -0.15) is 0 Å². The molecule has 1 aliphatic heterocycles. The molecular weight excluding hydrogens is 226 g/mol. The lowest BCUT2D eigenvalue weighted by atomic mass is 10.2. The first-order valence-electron chi connectivity index (χ1n) is 5.21. The molecule has 1 atom stereocenters. The Morgan fingerprint density at radius 2 is 2.44 bits per heavy atom. The number of likely N-dealkylation sites (N-methyl/N-ethyl adjacent to an activating group) is 1. The molecule has 6 nitrogen and oxygen atoms in total. The largest absolute Gasteiger partial charge is 0.357 e. The van der Waals surface area contributed by atoms with E-state index in [4.69, 9.17) is 0 Å². The second-order valence-corrected chi connectivity index (χ2v) is 4.79. The third-order valence-corrected chi connectivity index (χ3v) is 3.43. The molecule has 2 N–H and O–H groups in total. The SMILES string of the molecule is CNC(=O)C1CNCCN1c1nnc(C)s1. The Labute approximate surface area is 98.0 Å².